The molecule has 1 aromatic heterocycles. The molecule has 4 heteroatoms. The minimum Gasteiger partial charge on any atom is -0.390 e. The molecule has 1 heterocycles. The zero-order chi connectivity index (χ0) is 13.0. The highest BCUT2D eigenvalue weighted by Crippen LogP contribution is 2.18. The van der Waals surface area contributed by atoms with Gasteiger partial charge in [0.05, 0.1) is 23.7 Å². The van der Waals surface area contributed by atoms with Crippen LogP contribution in [-0.4, -0.2) is 32.8 Å². The van der Waals surface area contributed by atoms with Crippen molar-refractivity contribution in [2.75, 3.05) is 12.0 Å². The number of benzene rings is 1. The lowest BCUT2D eigenvalue weighted by Gasteiger charge is -2.13. The van der Waals surface area contributed by atoms with Gasteiger partial charge in [-0.25, -0.2) is 4.98 Å². The van der Waals surface area contributed by atoms with Crippen LogP contribution in [-0.2, 0) is 13.0 Å². The maximum absolute atomic E-state index is 10.0. The van der Waals surface area contributed by atoms with Crippen molar-refractivity contribution in [1.29, 1.82) is 0 Å². The standard InChI is InChI=1S/C14H20N2OS/c1-3-6-14-15-12-7-4-5-8-13(12)16(14)9-11(17)10-18-2/h4-5,7-8,11,17H,3,6,9-10H2,1-2H3/t11-/m1/s1. The van der Waals surface area contributed by atoms with Crippen LogP contribution in [0.4, 0.5) is 0 Å². The Morgan fingerprint density at radius 3 is 2.89 bits per heavy atom. The lowest BCUT2D eigenvalue weighted by Crippen LogP contribution is -2.20. The van der Waals surface area contributed by atoms with E-state index >= 15 is 0 Å². The first-order valence-corrected chi connectivity index (χ1v) is 7.76. The number of thioether (sulfide) groups is 1. The van der Waals surface area contributed by atoms with E-state index in [2.05, 4.69) is 22.5 Å². The van der Waals surface area contributed by atoms with Crippen LogP contribution in [0.2, 0.25) is 0 Å². The molecule has 0 bridgehead atoms. The first-order chi connectivity index (χ1) is 8.76. The van der Waals surface area contributed by atoms with E-state index in [4.69, 9.17) is 0 Å². The molecule has 1 N–H and O–H groups in total. The van der Waals surface area contributed by atoms with E-state index in [9.17, 15) is 5.11 Å². The Morgan fingerprint density at radius 2 is 2.17 bits per heavy atom. The Labute approximate surface area is 112 Å². The molecule has 0 saturated carbocycles. The molecule has 1 aromatic carbocycles. The van der Waals surface area contributed by atoms with Crippen molar-refractivity contribution in [2.24, 2.45) is 0 Å². The summed E-state index contributed by atoms with van der Waals surface area (Å²) in [6.07, 6.45) is 3.73. The number of imidazole rings is 1. The number of aromatic nitrogens is 2. The molecule has 0 aliphatic heterocycles. The second kappa shape index (κ2) is 6.25. The molecule has 0 amide bonds. The largest absolute Gasteiger partial charge is 0.390 e. The monoisotopic (exact) mass is 264 g/mol. The summed E-state index contributed by atoms with van der Waals surface area (Å²) in [7, 11) is 0. The number of hydrogen-bond donors (Lipinski definition) is 1. The van der Waals surface area contributed by atoms with Gasteiger partial charge in [-0.2, -0.15) is 11.8 Å². The number of aliphatic hydroxyl groups excluding tert-OH is 1. The Bertz CT molecular complexity index is 509. The topological polar surface area (TPSA) is 38.0 Å². The number of aliphatic hydroxyl groups is 1. The summed E-state index contributed by atoms with van der Waals surface area (Å²) >= 11 is 1.67. The average Bonchev–Trinajstić information content (AvgIpc) is 2.69. The molecule has 3 nitrogen and oxygen atoms in total. The van der Waals surface area contributed by atoms with Gasteiger partial charge >= 0.3 is 0 Å². The van der Waals surface area contributed by atoms with Crippen molar-refractivity contribution in [3.8, 4) is 0 Å². The summed E-state index contributed by atoms with van der Waals surface area (Å²) in [5, 5.41) is 10.0. The quantitative estimate of drug-likeness (QED) is 0.872. The van der Waals surface area contributed by atoms with Crippen molar-refractivity contribution >= 4 is 22.8 Å². The predicted octanol–water partition coefficient (Wildman–Crippen LogP) is 2.71. The summed E-state index contributed by atoms with van der Waals surface area (Å²) in [5.74, 6) is 1.84. The van der Waals surface area contributed by atoms with Gasteiger partial charge in [0.1, 0.15) is 5.82 Å². The Balaban J connectivity index is 2.35. The van der Waals surface area contributed by atoms with Crippen LogP contribution < -0.4 is 0 Å². The number of aryl methyl sites for hydroxylation is 1. The Kier molecular flexibility index (Phi) is 4.66. The highest BCUT2D eigenvalue weighted by atomic mass is 32.2. The van der Waals surface area contributed by atoms with E-state index in [1.807, 2.05) is 24.5 Å². The molecular weight excluding hydrogens is 244 g/mol. The van der Waals surface area contributed by atoms with Crippen molar-refractivity contribution in [3.63, 3.8) is 0 Å². The van der Waals surface area contributed by atoms with Crippen LogP contribution in [0.5, 0.6) is 0 Å². The minimum atomic E-state index is -0.312. The van der Waals surface area contributed by atoms with Gasteiger partial charge < -0.3 is 9.67 Å². The first-order valence-electron chi connectivity index (χ1n) is 6.37. The van der Waals surface area contributed by atoms with Crippen LogP contribution in [0.25, 0.3) is 11.0 Å². The van der Waals surface area contributed by atoms with Crippen LogP contribution >= 0.6 is 11.8 Å². The highest BCUT2D eigenvalue weighted by molar-refractivity contribution is 7.98. The van der Waals surface area contributed by atoms with Crippen LogP contribution in [0.3, 0.4) is 0 Å². The summed E-state index contributed by atoms with van der Waals surface area (Å²) < 4.78 is 2.17. The molecule has 0 saturated heterocycles. The summed E-state index contributed by atoms with van der Waals surface area (Å²) in [6, 6.07) is 8.14. The number of hydrogen-bond acceptors (Lipinski definition) is 3. The average molecular weight is 264 g/mol. The van der Waals surface area contributed by atoms with E-state index < -0.39 is 0 Å². The predicted molar refractivity (Wildman–Crippen MR) is 78.1 cm³/mol. The molecule has 0 radical (unpaired) electrons. The zero-order valence-electron chi connectivity index (χ0n) is 11.0. The lowest BCUT2D eigenvalue weighted by molar-refractivity contribution is 0.178. The van der Waals surface area contributed by atoms with E-state index in [0.29, 0.717) is 6.54 Å². The zero-order valence-corrected chi connectivity index (χ0v) is 11.8. The Hall–Kier alpha value is -1.00. The van der Waals surface area contributed by atoms with Crippen molar-refractivity contribution in [2.45, 2.75) is 32.4 Å². The second-order valence-electron chi connectivity index (χ2n) is 4.49. The molecule has 2 aromatic rings. The van der Waals surface area contributed by atoms with E-state index in [0.717, 1.165) is 35.5 Å². The van der Waals surface area contributed by atoms with Crippen molar-refractivity contribution in [3.05, 3.63) is 30.1 Å². The van der Waals surface area contributed by atoms with E-state index in [1.165, 1.54) is 0 Å². The first kappa shape index (κ1) is 13.4. The fraction of sp³-hybridized carbons (Fsp3) is 0.500. The van der Waals surface area contributed by atoms with Gasteiger partial charge in [-0.15, -0.1) is 0 Å². The third-order valence-electron chi connectivity index (χ3n) is 2.96. The molecule has 2 rings (SSSR count). The van der Waals surface area contributed by atoms with E-state index in [1.54, 1.807) is 11.8 Å². The summed E-state index contributed by atoms with van der Waals surface area (Å²) in [6.45, 7) is 2.79. The van der Waals surface area contributed by atoms with Crippen LogP contribution in [0.15, 0.2) is 24.3 Å². The molecule has 0 fully saturated rings. The van der Waals surface area contributed by atoms with Crippen LogP contribution in [0.1, 0.15) is 19.2 Å². The number of nitrogens with zero attached hydrogens (tertiary/aromatic N) is 2. The van der Waals surface area contributed by atoms with Gasteiger partial charge in [-0.1, -0.05) is 19.1 Å². The smallest absolute Gasteiger partial charge is 0.109 e. The number of fused-ring (bicyclic) bond motifs is 1. The summed E-state index contributed by atoms with van der Waals surface area (Å²) in [4.78, 5) is 4.66. The van der Waals surface area contributed by atoms with Crippen LogP contribution in [0, 0.1) is 0 Å². The lowest BCUT2D eigenvalue weighted by atomic mass is 10.3. The molecule has 0 unspecified atom stereocenters. The maximum atomic E-state index is 10.0. The SMILES string of the molecule is CCCc1nc2ccccc2n1C[C@@H](O)CSC. The van der Waals surface area contributed by atoms with Crippen molar-refractivity contribution in [1.82, 2.24) is 9.55 Å². The molecule has 0 aliphatic rings. The second-order valence-corrected chi connectivity index (χ2v) is 5.40. The molecule has 1 atom stereocenters. The van der Waals surface area contributed by atoms with Gasteiger partial charge in [0.2, 0.25) is 0 Å². The third kappa shape index (κ3) is 2.87. The maximum Gasteiger partial charge on any atom is 0.109 e. The normalized spacial score (nSPS) is 13.1. The molecule has 18 heavy (non-hydrogen) atoms. The fourth-order valence-corrected chi connectivity index (χ4v) is 2.69. The van der Waals surface area contributed by atoms with Gasteiger partial charge in [-0.05, 0) is 24.8 Å². The third-order valence-corrected chi connectivity index (χ3v) is 3.68. The van der Waals surface area contributed by atoms with Gasteiger partial charge in [0, 0.05) is 12.2 Å². The molecule has 98 valence electrons. The van der Waals surface area contributed by atoms with Gasteiger partial charge in [0.25, 0.3) is 0 Å². The summed E-state index contributed by atoms with van der Waals surface area (Å²) in [5.41, 5.74) is 2.15. The minimum absolute atomic E-state index is 0.312. The molecule has 0 spiro atoms. The van der Waals surface area contributed by atoms with Gasteiger partial charge in [-0.3, -0.25) is 0 Å². The van der Waals surface area contributed by atoms with E-state index in [-0.39, 0.29) is 6.10 Å². The Morgan fingerprint density at radius 1 is 1.39 bits per heavy atom. The van der Waals surface area contributed by atoms with Crippen molar-refractivity contribution < 1.29 is 5.11 Å². The number of para-hydroxylation sites is 2. The molecule has 0 aliphatic carbocycles. The fourth-order valence-electron chi connectivity index (χ4n) is 2.20. The highest BCUT2D eigenvalue weighted by Gasteiger charge is 2.13. The molecular formula is C14H20N2OS. The number of rotatable bonds is 6. The van der Waals surface area contributed by atoms with Gasteiger partial charge in [0.15, 0.2) is 0 Å².